The van der Waals surface area contributed by atoms with Crippen LogP contribution in [0.15, 0.2) is 60.8 Å². The molecule has 5 N–H and O–H groups in total. The smallest absolute Gasteiger partial charge is 0.731 e. The molecule has 0 radical (unpaired) electrons. The Kier molecular flexibility index (Phi) is 9.17. The standard InChI is InChI=1S/C23H24N6O7S.Na/c24-23(33)27-18(10-14-11-25-17-9-5-4-8-16(14)17)21(31)28(15-6-2-1-3-7-15)13-20(30)26-19-12-29(22(19)32)37(34,35)36;/h1-9,11,18-19,25H,10,12-13H2,(H,26,30)(H3,24,27,33)(H,34,35,36);/q;+1/p-1. The Hall–Kier alpha value is -3.43. The number of nitrogens with zero attached hydrogens (tertiary/aromatic N) is 2. The van der Waals surface area contributed by atoms with Gasteiger partial charge in [0.25, 0.3) is 5.91 Å². The number of amides is 5. The molecule has 1 fully saturated rings. The van der Waals surface area contributed by atoms with Gasteiger partial charge in [-0.2, -0.15) is 0 Å². The van der Waals surface area contributed by atoms with Gasteiger partial charge in [0.1, 0.15) is 18.6 Å². The number of nitrogens with two attached hydrogens (primary N) is 1. The van der Waals surface area contributed by atoms with Crippen LogP contribution in [-0.2, 0) is 31.1 Å². The molecule has 2 heterocycles. The molecule has 2 atom stereocenters. The van der Waals surface area contributed by atoms with Crippen LogP contribution in [0.25, 0.3) is 10.9 Å². The summed E-state index contributed by atoms with van der Waals surface area (Å²) >= 11 is 0. The van der Waals surface area contributed by atoms with Crippen molar-refractivity contribution in [1.82, 2.24) is 19.9 Å². The fraction of sp³-hybridized carbons (Fsp3) is 0.217. The molecule has 1 aromatic heterocycles. The van der Waals surface area contributed by atoms with Crippen LogP contribution in [0.4, 0.5) is 10.5 Å². The summed E-state index contributed by atoms with van der Waals surface area (Å²) in [6.45, 7) is -1.05. The van der Waals surface area contributed by atoms with Gasteiger partial charge in [-0.15, -0.1) is 0 Å². The number of hydrogen-bond acceptors (Lipinski definition) is 7. The van der Waals surface area contributed by atoms with Crippen LogP contribution in [-0.4, -0.2) is 71.2 Å². The van der Waals surface area contributed by atoms with E-state index in [9.17, 15) is 32.1 Å². The van der Waals surface area contributed by atoms with Crippen LogP contribution in [0.3, 0.4) is 0 Å². The van der Waals surface area contributed by atoms with Crippen molar-refractivity contribution < 1.29 is 61.7 Å². The van der Waals surface area contributed by atoms with Crippen LogP contribution < -0.4 is 50.8 Å². The van der Waals surface area contributed by atoms with Crippen molar-refractivity contribution in [3.05, 3.63) is 66.4 Å². The Labute approximate surface area is 239 Å². The van der Waals surface area contributed by atoms with Gasteiger partial charge in [0.15, 0.2) is 10.3 Å². The normalized spacial score (nSPS) is 15.7. The average molecular weight is 551 g/mol. The molecule has 2 aromatic carbocycles. The summed E-state index contributed by atoms with van der Waals surface area (Å²) in [4.78, 5) is 54.3. The summed E-state index contributed by atoms with van der Waals surface area (Å²) in [5, 5.41) is 5.61. The molecule has 4 rings (SSSR count). The number of primary amides is 1. The van der Waals surface area contributed by atoms with Crippen LogP contribution in [0.5, 0.6) is 0 Å². The van der Waals surface area contributed by atoms with Gasteiger partial charge in [0.05, 0.1) is 6.54 Å². The molecule has 5 amide bonds. The predicted octanol–water partition coefficient (Wildman–Crippen LogP) is -3.43. The van der Waals surface area contributed by atoms with Gasteiger partial charge in [0.2, 0.25) is 11.8 Å². The molecule has 1 aliphatic heterocycles. The van der Waals surface area contributed by atoms with Crippen molar-refractivity contribution in [3.63, 3.8) is 0 Å². The Morgan fingerprint density at radius 2 is 1.79 bits per heavy atom. The van der Waals surface area contributed by atoms with E-state index in [-0.39, 0.29) is 40.3 Å². The first-order valence-electron chi connectivity index (χ1n) is 11.1. The molecule has 0 aliphatic carbocycles. The molecule has 0 saturated carbocycles. The minimum Gasteiger partial charge on any atom is -0.731 e. The minimum atomic E-state index is -4.96. The second-order valence-electron chi connectivity index (χ2n) is 8.33. The molecule has 1 aliphatic rings. The molecule has 3 aromatic rings. The molecule has 1 saturated heterocycles. The first kappa shape index (κ1) is 29.1. The zero-order valence-electron chi connectivity index (χ0n) is 20.3. The minimum absolute atomic E-state index is 0. The van der Waals surface area contributed by atoms with Crippen molar-refractivity contribution in [2.45, 2.75) is 18.5 Å². The maximum atomic E-state index is 13.7. The number of fused-ring (bicyclic) bond motifs is 1. The number of anilines is 1. The summed E-state index contributed by atoms with van der Waals surface area (Å²) in [7, 11) is -4.96. The van der Waals surface area contributed by atoms with E-state index in [1.54, 1.807) is 36.5 Å². The van der Waals surface area contributed by atoms with Crippen molar-refractivity contribution in [2.24, 2.45) is 5.73 Å². The Morgan fingerprint density at radius 1 is 1.13 bits per heavy atom. The van der Waals surface area contributed by atoms with E-state index < -0.39 is 59.2 Å². The number of hydrogen-bond donors (Lipinski definition) is 4. The van der Waals surface area contributed by atoms with E-state index in [1.807, 2.05) is 24.3 Å². The number of rotatable bonds is 9. The average Bonchev–Trinajstić information content (AvgIpc) is 3.26. The molecular weight excluding hydrogens is 527 g/mol. The van der Waals surface area contributed by atoms with Gasteiger partial charge in [-0.05, 0) is 23.8 Å². The number of β-lactam (4-membered cyclic amide) rings is 1. The third-order valence-corrected chi connectivity index (χ3v) is 6.72. The number of aromatic nitrogens is 1. The zero-order chi connectivity index (χ0) is 26.7. The maximum Gasteiger partial charge on any atom is 1.00 e. The van der Waals surface area contributed by atoms with E-state index >= 15 is 0 Å². The Balaban J connectivity index is 0.00000400. The molecule has 2 unspecified atom stereocenters. The van der Waals surface area contributed by atoms with Gasteiger partial charge < -0.3 is 30.8 Å². The van der Waals surface area contributed by atoms with E-state index in [0.717, 1.165) is 21.4 Å². The maximum absolute atomic E-state index is 13.7. The second-order valence-corrected chi connectivity index (χ2v) is 9.63. The SMILES string of the molecule is NC(=O)NC(Cc1c[nH]c2ccccc12)C(=O)N(CC(=O)NC1CN(S(=O)(=O)[O-])C1=O)c1ccccc1.[Na+]. The Bertz CT molecular complexity index is 1460. The molecule has 0 spiro atoms. The van der Waals surface area contributed by atoms with Gasteiger partial charge in [-0.1, -0.05) is 36.4 Å². The third kappa shape index (κ3) is 6.52. The topological polar surface area (TPSA) is 198 Å². The first-order valence-corrected chi connectivity index (χ1v) is 12.4. The van der Waals surface area contributed by atoms with Crippen LogP contribution in [0, 0.1) is 0 Å². The van der Waals surface area contributed by atoms with Crippen molar-refractivity contribution in [2.75, 3.05) is 18.0 Å². The first-order chi connectivity index (χ1) is 17.5. The molecule has 38 heavy (non-hydrogen) atoms. The third-order valence-electron chi connectivity index (χ3n) is 5.85. The van der Waals surface area contributed by atoms with Crippen LogP contribution in [0.2, 0.25) is 0 Å². The van der Waals surface area contributed by atoms with E-state index in [2.05, 4.69) is 15.6 Å². The van der Waals surface area contributed by atoms with E-state index in [1.165, 1.54) is 0 Å². The summed E-state index contributed by atoms with van der Waals surface area (Å²) in [5.74, 6) is -2.48. The zero-order valence-corrected chi connectivity index (χ0v) is 23.1. The fourth-order valence-corrected chi connectivity index (χ4v) is 4.75. The van der Waals surface area contributed by atoms with Gasteiger partial charge >= 0.3 is 35.6 Å². The molecule has 13 nitrogen and oxygen atoms in total. The van der Waals surface area contributed by atoms with Gasteiger partial charge in [0, 0.05) is 29.2 Å². The fourth-order valence-electron chi connectivity index (χ4n) is 4.07. The van der Waals surface area contributed by atoms with Crippen LogP contribution in [0.1, 0.15) is 5.56 Å². The quantitative estimate of drug-likeness (QED) is 0.121. The monoisotopic (exact) mass is 550 g/mol. The largest absolute Gasteiger partial charge is 1.00 e. The molecule has 0 bridgehead atoms. The number of H-pyrrole nitrogens is 1. The van der Waals surface area contributed by atoms with Crippen molar-refractivity contribution in [3.8, 4) is 0 Å². The van der Waals surface area contributed by atoms with Crippen molar-refractivity contribution >= 4 is 50.6 Å². The molecule has 15 heteroatoms. The van der Waals surface area contributed by atoms with Crippen molar-refractivity contribution in [1.29, 1.82) is 0 Å². The summed E-state index contributed by atoms with van der Waals surface area (Å²) in [5.41, 5.74) is 7.25. The number of aromatic amines is 1. The van der Waals surface area contributed by atoms with Gasteiger partial charge in [-0.25, -0.2) is 17.5 Å². The predicted molar refractivity (Wildman–Crippen MR) is 131 cm³/mol. The van der Waals surface area contributed by atoms with E-state index in [0.29, 0.717) is 5.69 Å². The Morgan fingerprint density at radius 3 is 2.42 bits per heavy atom. The summed E-state index contributed by atoms with van der Waals surface area (Å²) in [6, 6.07) is 12.3. The number of nitrogens with one attached hydrogen (secondary N) is 3. The summed E-state index contributed by atoms with van der Waals surface area (Å²) in [6.07, 6.45) is 1.78. The second kappa shape index (κ2) is 12.0. The number of carbonyl (C=O) groups excluding carboxylic acids is 4. The molecule has 194 valence electrons. The number of carbonyl (C=O) groups is 4. The number of para-hydroxylation sites is 2. The van der Waals surface area contributed by atoms with Crippen LogP contribution >= 0.6 is 0 Å². The van der Waals surface area contributed by atoms with Gasteiger partial charge in [-0.3, -0.25) is 14.4 Å². The number of benzene rings is 2. The number of urea groups is 1. The molecular formula is C23H23N6NaO7S. The summed E-state index contributed by atoms with van der Waals surface area (Å²) < 4.78 is 33.2. The van der Waals surface area contributed by atoms with E-state index in [4.69, 9.17) is 5.73 Å².